The minimum absolute atomic E-state index is 0. The number of methoxy groups -OCH3 is 1. The first kappa shape index (κ1) is 12.4. The summed E-state index contributed by atoms with van der Waals surface area (Å²) in [5.74, 6) is 1.63. The van der Waals surface area contributed by atoms with Gasteiger partial charge >= 0.3 is 0 Å². The van der Waals surface area contributed by atoms with E-state index in [-0.39, 0.29) is 24.2 Å². The fourth-order valence-corrected chi connectivity index (χ4v) is 2.45. The molecule has 0 amide bonds. The third kappa shape index (κ3) is 2.27. The molecule has 82 valence electrons. The van der Waals surface area contributed by atoms with Gasteiger partial charge in [0.05, 0.1) is 12.9 Å². The maximum Gasteiger partial charge on any atom is 0.221 e. The van der Waals surface area contributed by atoms with E-state index < -0.39 is 0 Å². The van der Waals surface area contributed by atoms with Gasteiger partial charge in [0, 0.05) is 10.5 Å². The van der Waals surface area contributed by atoms with Gasteiger partial charge in [-0.05, 0) is 18.2 Å². The summed E-state index contributed by atoms with van der Waals surface area (Å²) in [4.78, 5) is 12.8. The van der Waals surface area contributed by atoms with Gasteiger partial charge in [0.25, 0.3) is 0 Å². The fraction of sp³-hybridized carbons (Fsp3) is 0.300. The summed E-state index contributed by atoms with van der Waals surface area (Å²) < 4.78 is 5.08. The van der Waals surface area contributed by atoms with Crippen LogP contribution in [-0.2, 0) is 0 Å². The van der Waals surface area contributed by atoms with E-state index in [0.29, 0.717) is 0 Å². The van der Waals surface area contributed by atoms with Crippen LogP contribution in [0.25, 0.3) is 0 Å². The smallest absolute Gasteiger partial charge is 0.221 e. The number of quaternary nitrogens is 1. The highest BCUT2D eigenvalue weighted by Crippen LogP contribution is 2.31. The number of thioether (sulfide) groups is 1. The first-order valence-electron chi connectivity index (χ1n) is 4.40. The van der Waals surface area contributed by atoms with Gasteiger partial charge in [-0.15, -0.1) is 11.8 Å². The van der Waals surface area contributed by atoms with Crippen molar-refractivity contribution in [3.63, 3.8) is 0 Å². The van der Waals surface area contributed by atoms with Crippen LogP contribution in [0.3, 0.4) is 0 Å². The highest BCUT2D eigenvalue weighted by atomic mass is 35.5. The third-order valence-electron chi connectivity index (χ3n) is 2.26. The van der Waals surface area contributed by atoms with Crippen LogP contribution >= 0.6 is 11.8 Å². The topological polar surface area (TPSA) is 53.9 Å². The van der Waals surface area contributed by atoms with Crippen molar-refractivity contribution in [3.8, 4) is 5.75 Å². The largest absolute Gasteiger partial charge is 1.00 e. The van der Waals surface area contributed by atoms with Gasteiger partial charge in [-0.25, -0.2) is 0 Å². The Balaban J connectivity index is 0.00000112. The number of carbonyl (C=O) groups excluding carboxylic acids is 1. The van der Waals surface area contributed by atoms with E-state index in [1.165, 1.54) is 0 Å². The lowest BCUT2D eigenvalue weighted by Crippen LogP contribution is -3.00. The molecule has 0 spiro atoms. The number of rotatable bonds is 1. The standard InChI is InChI=1S/C10H11NO2S.ClH/c1-13-6-2-3-9-7(4-6)10(12)8(11)5-14-9;/h2-4,8H,5,11H2,1H3;1H. The SMILES string of the molecule is COc1ccc2c(c1)C(=O)C([NH3+])CS2.[Cl-]. The second kappa shape index (κ2) is 4.88. The maximum atomic E-state index is 11.8. The molecule has 1 atom stereocenters. The number of ketones is 1. The summed E-state index contributed by atoms with van der Waals surface area (Å²) in [6, 6.07) is 5.48. The lowest BCUT2D eigenvalue weighted by Gasteiger charge is -2.17. The van der Waals surface area contributed by atoms with Crippen molar-refractivity contribution in [3.05, 3.63) is 23.8 Å². The van der Waals surface area contributed by atoms with E-state index in [9.17, 15) is 4.79 Å². The van der Waals surface area contributed by atoms with Crippen molar-refractivity contribution in [2.24, 2.45) is 0 Å². The zero-order chi connectivity index (χ0) is 10.1. The molecule has 15 heavy (non-hydrogen) atoms. The monoisotopic (exact) mass is 245 g/mol. The van der Waals surface area contributed by atoms with Gasteiger partial charge in [-0.3, -0.25) is 4.79 Å². The first-order chi connectivity index (χ1) is 6.72. The summed E-state index contributed by atoms with van der Waals surface area (Å²) in [6.07, 6.45) is 0. The molecule has 1 aromatic carbocycles. The van der Waals surface area contributed by atoms with Crippen LogP contribution in [0.1, 0.15) is 10.4 Å². The summed E-state index contributed by atoms with van der Waals surface area (Å²) in [5.41, 5.74) is 4.57. The van der Waals surface area contributed by atoms with E-state index in [2.05, 4.69) is 5.73 Å². The molecule has 3 nitrogen and oxygen atoms in total. The van der Waals surface area contributed by atoms with Crippen LogP contribution in [0.2, 0.25) is 0 Å². The molecule has 0 bridgehead atoms. The maximum absolute atomic E-state index is 11.8. The molecule has 2 rings (SSSR count). The number of halogens is 1. The number of hydrogen-bond donors (Lipinski definition) is 1. The highest BCUT2D eigenvalue weighted by Gasteiger charge is 2.27. The summed E-state index contributed by atoms with van der Waals surface area (Å²) in [7, 11) is 1.60. The fourth-order valence-electron chi connectivity index (χ4n) is 1.44. The number of benzene rings is 1. The molecular weight excluding hydrogens is 234 g/mol. The molecule has 0 aromatic heterocycles. The lowest BCUT2D eigenvalue weighted by atomic mass is 10.1. The molecule has 0 aliphatic carbocycles. The third-order valence-corrected chi connectivity index (χ3v) is 3.50. The number of ether oxygens (including phenoxy) is 1. The normalized spacial score (nSPS) is 19.1. The summed E-state index contributed by atoms with van der Waals surface area (Å²) >= 11 is 1.68. The second-order valence-corrected chi connectivity index (χ2v) is 4.30. The predicted octanol–water partition coefficient (Wildman–Crippen LogP) is -2.40. The average Bonchev–Trinajstić information content (AvgIpc) is 2.23. The van der Waals surface area contributed by atoms with Crippen LogP contribution in [0.15, 0.2) is 23.1 Å². The van der Waals surface area contributed by atoms with Crippen LogP contribution in [-0.4, -0.2) is 24.7 Å². The Hall–Kier alpha value is -0.710. The van der Waals surface area contributed by atoms with Crippen LogP contribution in [0, 0.1) is 0 Å². The van der Waals surface area contributed by atoms with Gasteiger partial charge in [-0.2, -0.15) is 0 Å². The molecule has 1 unspecified atom stereocenters. The Morgan fingerprint density at radius 2 is 2.27 bits per heavy atom. The zero-order valence-corrected chi connectivity index (χ0v) is 9.90. The predicted molar refractivity (Wildman–Crippen MR) is 54.7 cm³/mol. The van der Waals surface area contributed by atoms with Crippen molar-refractivity contribution in [2.45, 2.75) is 10.9 Å². The molecule has 0 saturated carbocycles. The van der Waals surface area contributed by atoms with Gasteiger partial charge in [0.2, 0.25) is 5.78 Å². The number of fused-ring (bicyclic) bond motifs is 1. The molecule has 1 aliphatic heterocycles. The Bertz CT molecular complexity index is 384. The molecule has 1 aliphatic rings. The van der Waals surface area contributed by atoms with E-state index in [1.807, 2.05) is 12.1 Å². The highest BCUT2D eigenvalue weighted by molar-refractivity contribution is 7.99. The minimum Gasteiger partial charge on any atom is -1.00 e. The number of carbonyl (C=O) groups is 1. The molecule has 1 aromatic rings. The Morgan fingerprint density at radius 3 is 2.93 bits per heavy atom. The van der Waals surface area contributed by atoms with Crippen molar-refractivity contribution >= 4 is 17.5 Å². The van der Waals surface area contributed by atoms with E-state index >= 15 is 0 Å². The van der Waals surface area contributed by atoms with Crippen molar-refractivity contribution < 1.29 is 27.7 Å². The molecule has 0 saturated heterocycles. The summed E-state index contributed by atoms with van der Waals surface area (Å²) in [5, 5.41) is 0. The van der Waals surface area contributed by atoms with Crippen molar-refractivity contribution in [1.29, 1.82) is 0 Å². The van der Waals surface area contributed by atoms with E-state index in [0.717, 1.165) is 22.0 Å². The quantitative estimate of drug-likeness (QED) is 0.600. The average molecular weight is 246 g/mol. The van der Waals surface area contributed by atoms with Crippen molar-refractivity contribution in [1.82, 2.24) is 0 Å². The molecule has 5 heteroatoms. The van der Waals surface area contributed by atoms with Crippen molar-refractivity contribution in [2.75, 3.05) is 12.9 Å². The molecule has 3 N–H and O–H groups in total. The summed E-state index contributed by atoms with van der Waals surface area (Å²) in [6.45, 7) is 0. The lowest BCUT2D eigenvalue weighted by molar-refractivity contribution is -0.391. The first-order valence-corrected chi connectivity index (χ1v) is 5.39. The van der Waals surface area contributed by atoms with Gasteiger partial charge in [0.1, 0.15) is 5.75 Å². The minimum atomic E-state index is -0.125. The van der Waals surface area contributed by atoms with Crippen LogP contribution in [0.5, 0.6) is 5.75 Å². The van der Waals surface area contributed by atoms with E-state index in [4.69, 9.17) is 4.74 Å². The molecular formula is C10H12ClNO2S. The Morgan fingerprint density at radius 1 is 1.53 bits per heavy atom. The zero-order valence-electron chi connectivity index (χ0n) is 8.33. The molecule has 0 radical (unpaired) electrons. The number of hydrogen-bond acceptors (Lipinski definition) is 3. The van der Waals surface area contributed by atoms with Gasteiger partial charge in [-0.1, -0.05) is 0 Å². The van der Waals surface area contributed by atoms with Crippen LogP contribution < -0.4 is 22.9 Å². The molecule has 0 fully saturated rings. The molecule has 1 heterocycles. The van der Waals surface area contributed by atoms with Gasteiger partial charge < -0.3 is 22.9 Å². The Labute approximate surface area is 98.8 Å². The number of Topliss-reactive ketones (excluding diaryl/α,β-unsaturated/α-hetero) is 1. The van der Waals surface area contributed by atoms with Gasteiger partial charge in [0.15, 0.2) is 6.04 Å². The van der Waals surface area contributed by atoms with E-state index in [1.54, 1.807) is 24.9 Å². The second-order valence-electron chi connectivity index (χ2n) is 3.23. The Kier molecular flexibility index (Phi) is 4.02. The van der Waals surface area contributed by atoms with Crippen LogP contribution in [0.4, 0.5) is 0 Å².